The van der Waals surface area contributed by atoms with Gasteiger partial charge in [-0.3, -0.25) is 0 Å². The second-order valence-corrected chi connectivity index (χ2v) is 5.45. The standard InChI is InChI=1S/C20H16O2/c21-13-16-11-10-15-12-19(14-6-2-1-3-7-14)17-8-4-5-9-18(17)20(15)22-16/h1-12,16,21H,13H2. The zero-order valence-electron chi connectivity index (χ0n) is 12.1. The van der Waals surface area contributed by atoms with E-state index in [4.69, 9.17) is 4.74 Å². The van der Waals surface area contributed by atoms with E-state index < -0.39 is 0 Å². The van der Waals surface area contributed by atoms with Gasteiger partial charge in [-0.1, -0.05) is 60.7 Å². The SMILES string of the molecule is OCC1C=Cc2cc(-c3ccccc3)c3ccccc3c2O1. The third-order valence-electron chi connectivity index (χ3n) is 4.05. The van der Waals surface area contributed by atoms with Crippen LogP contribution in [0, 0.1) is 0 Å². The summed E-state index contributed by atoms with van der Waals surface area (Å²) in [6, 6.07) is 20.8. The summed E-state index contributed by atoms with van der Waals surface area (Å²) in [5.74, 6) is 0.858. The van der Waals surface area contributed by atoms with Crippen LogP contribution in [0.4, 0.5) is 0 Å². The predicted octanol–water partition coefficient (Wildman–Crippen LogP) is 4.27. The molecule has 1 heterocycles. The molecule has 1 unspecified atom stereocenters. The number of ether oxygens (including phenoxy) is 1. The summed E-state index contributed by atoms with van der Waals surface area (Å²) in [4.78, 5) is 0. The first-order valence-electron chi connectivity index (χ1n) is 7.44. The molecule has 22 heavy (non-hydrogen) atoms. The van der Waals surface area contributed by atoms with Crippen molar-refractivity contribution in [1.29, 1.82) is 0 Å². The van der Waals surface area contributed by atoms with Crippen molar-refractivity contribution in [3.05, 3.63) is 72.3 Å². The summed E-state index contributed by atoms with van der Waals surface area (Å²) in [6.45, 7) is -0.00922. The summed E-state index contributed by atoms with van der Waals surface area (Å²) in [5, 5.41) is 11.6. The molecule has 3 aromatic rings. The lowest BCUT2D eigenvalue weighted by atomic mass is 9.93. The molecular formula is C20H16O2. The van der Waals surface area contributed by atoms with Gasteiger partial charge in [0.1, 0.15) is 11.9 Å². The highest BCUT2D eigenvalue weighted by molar-refractivity contribution is 6.02. The van der Waals surface area contributed by atoms with Gasteiger partial charge in [-0.2, -0.15) is 0 Å². The molecule has 0 bridgehead atoms. The van der Waals surface area contributed by atoms with Crippen molar-refractivity contribution in [3.8, 4) is 16.9 Å². The molecule has 0 aromatic heterocycles. The largest absolute Gasteiger partial charge is 0.483 e. The van der Waals surface area contributed by atoms with Crippen molar-refractivity contribution in [2.45, 2.75) is 6.10 Å². The van der Waals surface area contributed by atoms with Gasteiger partial charge in [0, 0.05) is 10.9 Å². The third-order valence-corrected chi connectivity index (χ3v) is 4.05. The monoisotopic (exact) mass is 288 g/mol. The summed E-state index contributed by atoms with van der Waals surface area (Å²) in [6.07, 6.45) is 3.68. The zero-order valence-corrected chi connectivity index (χ0v) is 12.1. The Morgan fingerprint density at radius 3 is 2.41 bits per heavy atom. The Morgan fingerprint density at radius 2 is 1.64 bits per heavy atom. The Hall–Kier alpha value is -2.58. The maximum absolute atomic E-state index is 9.35. The number of fused-ring (bicyclic) bond motifs is 3. The van der Waals surface area contributed by atoms with E-state index in [1.807, 2.05) is 30.4 Å². The Balaban J connectivity index is 2.01. The minimum absolute atomic E-state index is 0.00922. The van der Waals surface area contributed by atoms with Crippen LogP contribution in [0.1, 0.15) is 5.56 Å². The van der Waals surface area contributed by atoms with Crippen LogP contribution in [0.25, 0.3) is 28.0 Å². The molecule has 0 amide bonds. The zero-order chi connectivity index (χ0) is 14.9. The summed E-state index contributed by atoms with van der Waals surface area (Å²) >= 11 is 0. The van der Waals surface area contributed by atoms with Gasteiger partial charge in [-0.25, -0.2) is 0 Å². The van der Waals surface area contributed by atoms with Crippen molar-refractivity contribution in [3.63, 3.8) is 0 Å². The van der Waals surface area contributed by atoms with E-state index in [0.717, 1.165) is 16.7 Å². The first kappa shape index (κ1) is 13.1. The molecule has 1 aliphatic heterocycles. The van der Waals surface area contributed by atoms with Gasteiger partial charge in [-0.15, -0.1) is 0 Å². The molecule has 0 spiro atoms. The first-order chi connectivity index (χ1) is 10.9. The van der Waals surface area contributed by atoms with E-state index >= 15 is 0 Å². The quantitative estimate of drug-likeness (QED) is 0.763. The van der Waals surface area contributed by atoms with E-state index in [0.29, 0.717) is 0 Å². The lowest BCUT2D eigenvalue weighted by Crippen LogP contribution is -2.21. The van der Waals surface area contributed by atoms with Crippen molar-refractivity contribution >= 4 is 16.8 Å². The van der Waals surface area contributed by atoms with Crippen LogP contribution in [-0.4, -0.2) is 17.8 Å². The van der Waals surface area contributed by atoms with Crippen LogP contribution in [0.2, 0.25) is 0 Å². The predicted molar refractivity (Wildman–Crippen MR) is 89.9 cm³/mol. The summed E-state index contributed by atoms with van der Waals surface area (Å²) in [5.41, 5.74) is 3.45. The fourth-order valence-electron chi connectivity index (χ4n) is 2.98. The fourth-order valence-corrected chi connectivity index (χ4v) is 2.98. The van der Waals surface area contributed by atoms with Gasteiger partial charge in [0.15, 0.2) is 0 Å². The second-order valence-electron chi connectivity index (χ2n) is 5.45. The van der Waals surface area contributed by atoms with Crippen LogP contribution in [0.3, 0.4) is 0 Å². The minimum Gasteiger partial charge on any atom is -0.483 e. The average molecular weight is 288 g/mol. The number of rotatable bonds is 2. The Morgan fingerprint density at radius 1 is 0.909 bits per heavy atom. The number of aliphatic hydroxyl groups is 1. The van der Waals surface area contributed by atoms with E-state index in [1.54, 1.807) is 0 Å². The first-order valence-corrected chi connectivity index (χ1v) is 7.44. The third kappa shape index (κ3) is 2.09. The molecule has 0 radical (unpaired) electrons. The molecule has 1 atom stereocenters. The molecule has 108 valence electrons. The van der Waals surface area contributed by atoms with Crippen molar-refractivity contribution in [2.75, 3.05) is 6.61 Å². The molecule has 2 nitrogen and oxygen atoms in total. The average Bonchev–Trinajstić information content (AvgIpc) is 2.61. The van der Waals surface area contributed by atoms with Gasteiger partial charge < -0.3 is 9.84 Å². The van der Waals surface area contributed by atoms with Crippen molar-refractivity contribution in [1.82, 2.24) is 0 Å². The molecule has 0 saturated heterocycles. The topological polar surface area (TPSA) is 29.5 Å². The number of hydrogen-bond acceptors (Lipinski definition) is 2. The maximum Gasteiger partial charge on any atom is 0.140 e. The van der Waals surface area contributed by atoms with E-state index in [2.05, 4.69) is 42.5 Å². The lowest BCUT2D eigenvalue weighted by Gasteiger charge is -2.23. The molecule has 2 heteroatoms. The second kappa shape index (κ2) is 5.32. The number of benzene rings is 3. The molecule has 1 aliphatic rings. The Labute approximate surface area is 129 Å². The molecule has 0 aliphatic carbocycles. The summed E-state index contributed by atoms with van der Waals surface area (Å²) < 4.78 is 5.95. The van der Waals surface area contributed by atoms with Gasteiger partial charge in [0.05, 0.1) is 6.61 Å². The highest BCUT2D eigenvalue weighted by Gasteiger charge is 2.19. The molecular weight excluding hydrogens is 272 g/mol. The van der Waals surface area contributed by atoms with Crippen LogP contribution < -0.4 is 4.74 Å². The van der Waals surface area contributed by atoms with E-state index in [1.165, 1.54) is 16.5 Å². The lowest BCUT2D eigenvalue weighted by molar-refractivity contribution is 0.149. The van der Waals surface area contributed by atoms with Crippen LogP contribution >= 0.6 is 0 Å². The van der Waals surface area contributed by atoms with Crippen LogP contribution in [0.15, 0.2) is 66.7 Å². The van der Waals surface area contributed by atoms with Crippen molar-refractivity contribution < 1.29 is 9.84 Å². The van der Waals surface area contributed by atoms with E-state index in [9.17, 15) is 5.11 Å². The molecule has 4 rings (SSSR count). The van der Waals surface area contributed by atoms with Gasteiger partial charge in [0.2, 0.25) is 0 Å². The van der Waals surface area contributed by atoms with Crippen LogP contribution in [0.5, 0.6) is 5.75 Å². The highest BCUT2D eigenvalue weighted by Crippen LogP contribution is 2.40. The van der Waals surface area contributed by atoms with Gasteiger partial charge in [0.25, 0.3) is 0 Å². The van der Waals surface area contributed by atoms with Gasteiger partial charge in [-0.05, 0) is 28.7 Å². The number of hydrogen-bond donors (Lipinski definition) is 1. The van der Waals surface area contributed by atoms with Gasteiger partial charge >= 0.3 is 0 Å². The highest BCUT2D eigenvalue weighted by atomic mass is 16.5. The molecule has 3 aromatic carbocycles. The summed E-state index contributed by atoms with van der Waals surface area (Å²) in [7, 11) is 0. The fraction of sp³-hybridized carbons (Fsp3) is 0.100. The normalized spacial score (nSPS) is 16.3. The molecule has 0 fully saturated rings. The van der Waals surface area contributed by atoms with E-state index in [-0.39, 0.29) is 12.7 Å². The van der Waals surface area contributed by atoms with Crippen molar-refractivity contribution in [2.24, 2.45) is 0 Å². The smallest absolute Gasteiger partial charge is 0.140 e. The Kier molecular flexibility index (Phi) is 3.17. The number of aliphatic hydroxyl groups excluding tert-OH is 1. The minimum atomic E-state index is -0.265. The molecule has 1 N–H and O–H groups in total. The Bertz CT molecular complexity index is 850. The van der Waals surface area contributed by atoms with Crippen LogP contribution in [-0.2, 0) is 0 Å². The maximum atomic E-state index is 9.35. The molecule has 0 saturated carbocycles.